The van der Waals surface area contributed by atoms with Crippen LogP contribution in [0.5, 0.6) is 40.2 Å². The Morgan fingerprint density at radius 2 is 1.04 bits per heavy atom. The van der Waals surface area contributed by atoms with Gasteiger partial charge in [-0.3, -0.25) is 24.9 Å². The van der Waals surface area contributed by atoms with Gasteiger partial charge in [-0.05, 0) is 84.9 Å². The van der Waals surface area contributed by atoms with Crippen molar-refractivity contribution >= 4 is 51.1 Å². The summed E-state index contributed by atoms with van der Waals surface area (Å²) in [5, 5.41) is 9.24. The van der Waals surface area contributed by atoms with Crippen LogP contribution in [-0.2, 0) is 0 Å². The Labute approximate surface area is 327 Å². The zero-order valence-electron chi connectivity index (χ0n) is 31.4. The molecule has 5 N–H and O–H groups in total. The number of ether oxygens (including phenoxy) is 5. The van der Waals surface area contributed by atoms with Gasteiger partial charge in [-0.25, -0.2) is 4.79 Å². The average molecular weight is 767 g/mol. The average Bonchev–Trinajstić information content (AvgIpc) is 3.24. The van der Waals surface area contributed by atoms with Gasteiger partial charge in [0.2, 0.25) is 0 Å². The molecule has 0 aliphatic rings. The van der Waals surface area contributed by atoms with Crippen molar-refractivity contribution in [2.75, 3.05) is 39.4 Å². The van der Waals surface area contributed by atoms with E-state index >= 15 is 0 Å². The van der Waals surface area contributed by atoms with E-state index in [1.165, 1.54) is 14.2 Å². The molecule has 57 heavy (non-hydrogen) atoms. The molecular formula is C43H38N6O8. The maximum Gasteiger partial charge on any atom is 0.417 e. The topological polar surface area (TPSA) is 185 Å². The Morgan fingerprint density at radius 3 is 1.49 bits per heavy atom. The number of carbonyl (C=O) groups excluding carboxylic acids is 3. The summed E-state index contributed by atoms with van der Waals surface area (Å²) in [4.78, 5) is 45.0. The zero-order valence-corrected chi connectivity index (χ0v) is 31.4. The summed E-state index contributed by atoms with van der Waals surface area (Å²) in [5.74, 6) is 3.12. The number of pyridine rings is 2. The molecule has 0 unspecified atom stereocenters. The Hall–Kier alpha value is -7.87. The Bertz CT molecular complexity index is 2530. The molecule has 2 aromatic heterocycles. The standard InChI is InChI=1S/C25H21N3O5.C18H17N3O3/c1-26-24(29)20-14-19-21(15-23(20)31-2)27-13-12-22(19)32-18-10-8-16(9-11-18)28-25(30)33-17-6-4-3-5-7-17;1-20-18(22)14-9-13-15(10-17(14)23-2)21-8-7-16(13)24-12-5-3-11(19)4-6-12/h3-15H,1-2H3,(H,26,29)(H,28,30);3-10H,19H2,1-2H3,(H,20,22). The molecule has 2 heterocycles. The van der Waals surface area contributed by atoms with Gasteiger partial charge in [0, 0.05) is 60.8 Å². The van der Waals surface area contributed by atoms with Crippen molar-refractivity contribution in [3.63, 3.8) is 0 Å². The fourth-order valence-corrected chi connectivity index (χ4v) is 5.57. The van der Waals surface area contributed by atoms with Gasteiger partial charge in [0.1, 0.15) is 40.2 Å². The molecule has 5 aromatic carbocycles. The molecule has 288 valence electrons. The molecular weight excluding hydrogens is 729 g/mol. The summed E-state index contributed by atoms with van der Waals surface area (Å²) in [7, 11) is 6.14. The van der Waals surface area contributed by atoms with E-state index in [2.05, 4.69) is 25.9 Å². The molecule has 0 radical (unpaired) electrons. The predicted octanol–water partition coefficient (Wildman–Crippen LogP) is 7.98. The Kier molecular flexibility index (Phi) is 12.2. The third kappa shape index (κ3) is 9.45. The van der Waals surface area contributed by atoms with Gasteiger partial charge < -0.3 is 40.1 Å². The molecule has 0 saturated carbocycles. The smallest absolute Gasteiger partial charge is 0.417 e. The first-order valence-corrected chi connectivity index (χ1v) is 17.4. The number of methoxy groups -OCH3 is 2. The SMILES string of the molecule is CNC(=O)c1cc2c(Oc3ccc(N)cc3)ccnc2cc1OC.CNC(=O)c1cc2c(Oc3ccc(NC(=O)Oc4ccccc4)cc3)ccnc2cc1OC. The highest BCUT2D eigenvalue weighted by atomic mass is 16.6. The van der Waals surface area contributed by atoms with Gasteiger partial charge in [0.25, 0.3) is 11.8 Å². The van der Waals surface area contributed by atoms with Crippen LogP contribution in [0.3, 0.4) is 0 Å². The van der Waals surface area contributed by atoms with Crippen LogP contribution in [-0.4, -0.2) is 56.2 Å². The van der Waals surface area contributed by atoms with Crippen LogP contribution >= 0.6 is 0 Å². The molecule has 7 aromatic rings. The van der Waals surface area contributed by atoms with Crippen LogP contribution in [0.15, 0.2) is 128 Å². The third-order valence-corrected chi connectivity index (χ3v) is 8.38. The molecule has 7 rings (SSSR count). The number of hydrogen-bond donors (Lipinski definition) is 4. The number of hydrogen-bond acceptors (Lipinski definition) is 11. The minimum atomic E-state index is -0.592. The number of nitrogens with zero attached hydrogens (tertiary/aromatic N) is 2. The van der Waals surface area contributed by atoms with Crippen molar-refractivity contribution in [3.05, 3.63) is 139 Å². The van der Waals surface area contributed by atoms with Crippen LogP contribution in [0.2, 0.25) is 0 Å². The molecule has 0 bridgehead atoms. The summed E-state index contributed by atoms with van der Waals surface area (Å²) in [6, 6.07) is 33.0. The molecule has 14 heteroatoms. The predicted molar refractivity (Wildman–Crippen MR) is 217 cm³/mol. The first-order chi connectivity index (χ1) is 27.7. The summed E-state index contributed by atoms with van der Waals surface area (Å²) in [6.45, 7) is 0. The number of para-hydroxylation sites is 1. The minimum absolute atomic E-state index is 0.240. The summed E-state index contributed by atoms with van der Waals surface area (Å²) < 4.78 is 27.8. The second kappa shape index (κ2) is 18.0. The second-order valence-corrected chi connectivity index (χ2v) is 12.0. The number of nitrogen functional groups attached to an aromatic ring is 1. The van der Waals surface area contributed by atoms with Crippen LogP contribution < -0.4 is 45.4 Å². The maximum atomic E-state index is 12.3. The summed E-state index contributed by atoms with van der Waals surface area (Å²) in [5.41, 5.74) is 8.99. The van der Waals surface area contributed by atoms with E-state index in [9.17, 15) is 14.4 Å². The number of carbonyl (C=O) groups is 3. The van der Waals surface area contributed by atoms with Crippen molar-refractivity contribution in [1.82, 2.24) is 20.6 Å². The van der Waals surface area contributed by atoms with E-state index in [0.717, 1.165) is 0 Å². The highest BCUT2D eigenvalue weighted by Gasteiger charge is 2.17. The highest BCUT2D eigenvalue weighted by Crippen LogP contribution is 2.35. The van der Waals surface area contributed by atoms with E-state index in [4.69, 9.17) is 29.4 Å². The van der Waals surface area contributed by atoms with Gasteiger partial charge >= 0.3 is 6.09 Å². The molecule has 0 spiro atoms. The summed E-state index contributed by atoms with van der Waals surface area (Å²) >= 11 is 0. The number of amides is 3. The molecule has 0 fully saturated rings. The van der Waals surface area contributed by atoms with Gasteiger partial charge in [-0.2, -0.15) is 0 Å². The fraction of sp³-hybridized carbons (Fsp3) is 0.0930. The van der Waals surface area contributed by atoms with Crippen molar-refractivity contribution < 1.29 is 38.1 Å². The van der Waals surface area contributed by atoms with Crippen molar-refractivity contribution in [2.45, 2.75) is 0 Å². The third-order valence-electron chi connectivity index (χ3n) is 8.38. The van der Waals surface area contributed by atoms with Crippen molar-refractivity contribution in [3.8, 4) is 40.2 Å². The van der Waals surface area contributed by atoms with E-state index in [0.29, 0.717) is 84.6 Å². The van der Waals surface area contributed by atoms with Crippen molar-refractivity contribution in [1.29, 1.82) is 0 Å². The van der Waals surface area contributed by atoms with Gasteiger partial charge in [-0.1, -0.05) is 18.2 Å². The van der Waals surface area contributed by atoms with E-state index < -0.39 is 6.09 Å². The van der Waals surface area contributed by atoms with Crippen LogP contribution in [0.25, 0.3) is 21.8 Å². The number of benzene rings is 5. The highest BCUT2D eigenvalue weighted by molar-refractivity contribution is 6.03. The lowest BCUT2D eigenvalue weighted by molar-refractivity contribution is 0.0952. The molecule has 0 atom stereocenters. The lowest BCUT2D eigenvalue weighted by Crippen LogP contribution is -2.18. The quantitative estimate of drug-likeness (QED) is 0.0990. The Balaban J connectivity index is 0.000000203. The number of fused-ring (bicyclic) bond motifs is 2. The van der Waals surface area contributed by atoms with Crippen LogP contribution in [0, 0.1) is 0 Å². The zero-order chi connectivity index (χ0) is 40.3. The molecule has 3 amide bonds. The molecule has 14 nitrogen and oxygen atoms in total. The fourth-order valence-electron chi connectivity index (χ4n) is 5.57. The number of nitrogens with two attached hydrogens (primary N) is 1. The number of anilines is 2. The lowest BCUT2D eigenvalue weighted by Gasteiger charge is -2.13. The maximum absolute atomic E-state index is 12.3. The normalized spacial score (nSPS) is 10.4. The summed E-state index contributed by atoms with van der Waals surface area (Å²) in [6.07, 6.45) is 2.67. The first kappa shape index (κ1) is 38.8. The van der Waals surface area contributed by atoms with Crippen LogP contribution in [0.4, 0.5) is 16.2 Å². The molecule has 0 aliphatic carbocycles. The van der Waals surface area contributed by atoms with Crippen molar-refractivity contribution in [2.24, 2.45) is 0 Å². The van der Waals surface area contributed by atoms with E-state index in [1.54, 1.807) is 136 Å². The first-order valence-electron chi connectivity index (χ1n) is 17.4. The van der Waals surface area contributed by atoms with Gasteiger partial charge in [0.15, 0.2) is 0 Å². The number of aromatic nitrogens is 2. The number of rotatable bonds is 10. The minimum Gasteiger partial charge on any atom is -0.496 e. The lowest BCUT2D eigenvalue weighted by atomic mass is 10.1. The van der Waals surface area contributed by atoms with E-state index in [-0.39, 0.29) is 11.8 Å². The van der Waals surface area contributed by atoms with E-state index in [1.807, 2.05) is 6.07 Å². The number of nitrogens with one attached hydrogen (secondary N) is 3. The molecule has 0 saturated heterocycles. The van der Waals surface area contributed by atoms with Gasteiger partial charge in [-0.15, -0.1) is 0 Å². The largest absolute Gasteiger partial charge is 0.496 e. The van der Waals surface area contributed by atoms with Crippen LogP contribution in [0.1, 0.15) is 20.7 Å². The monoisotopic (exact) mass is 766 g/mol. The Morgan fingerprint density at radius 1 is 0.561 bits per heavy atom. The molecule has 0 aliphatic heterocycles. The second-order valence-electron chi connectivity index (χ2n) is 12.0. The van der Waals surface area contributed by atoms with Gasteiger partial charge in [0.05, 0.1) is 36.4 Å².